The number of ether oxygens (including phenoxy) is 1. The second-order valence-electron chi connectivity index (χ2n) is 4.57. The molecule has 2 rings (SSSR count). The lowest BCUT2D eigenvalue weighted by Gasteiger charge is -2.08. The van der Waals surface area contributed by atoms with Crippen molar-refractivity contribution in [2.24, 2.45) is 0 Å². The van der Waals surface area contributed by atoms with Gasteiger partial charge in [0.1, 0.15) is 5.75 Å². The van der Waals surface area contributed by atoms with Crippen LogP contribution in [0.15, 0.2) is 53.0 Å². The minimum Gasteiger partial charge on any atom is -0.493 e. The summed E-state index contributed by atoms with van der Waals surface area (Å²) in [4.78, 5) is 11.7. The molecule has 0 spiro atoms. The number of carbonyl (C=O) groups excluding carboxylic acids is 1. The molecule has 21 heavy (non-hydrogen) atoms. The van der Waals surface area contributed by atoms with Gasteiger partial charge in [0.15, 0.2) is 0 Å². The molecule has 4 nitrogen and oxygen atoms in total. The Morgan fingerprint density at radius 2 is 1.76 bits per heavy atom. The van der Waals surface area contributed by atoms with E-state index >= 15 is 0 Å². The van der Waals surface area contributed by atoms with Crippen molar-refractivity contribution in [3.05, 3.63) is 58.6 Å². The quantitative estimate of drug-likeness (QED) is 0.788. The molecule has 1 amide bonds. The van der Waals surface area contributed by atoms with Crippen LogP contribution in [-0.4, -0.2) is 12.5 Å². The predicted molar refractivity (Wildman–Crippen MR) is 87.0 cm³/mol. The average Bonchev–Trinajstić information content (AvgIpc) is 2.49. The number of amides is 1. The van der Waals surface area contributed by atoms with Gasteiger partial charge in [-0.3, -0.25) is 4.79 Å². The van der Waals surface area contributed by atoms with Crippen LogP contribution in [0.4, 0.5) is 5.69 Å². The molecular weight excluding hydrogens is 332 g/mol. The van der Waals surface area contributed by atoms with Crippen LogP contribution >= 0.6 is 15.9 Å². The first kappa shape index (κ1) is 15.4. The van der Waals surface area contributed by atoms with E-state index in [0.717, 1.165) is 10.0 Å². The Hall–Kier alpha value is -2.01. The fourth-order valence-electron chi connectivity index (χ4n) is 1.72. The predicted octanol–water partition coefficient (Wildman–Crippen LogP) is 3.12. The molecule has 0 unspecified atom stereocenters. The van der Waals surface area contributed by atoms with Gasteiger partial charge in [-0.15, -0.1) is 0 Å². The summed E-state index contributed by atoms with van der Waals surface area (Å²) in [6, 6.07) is 14.9. The molecule has 110 valence electrons. The van der Waals surface area contributed by atoms with E-state index in [2.05, 4.69) is 21.2 Å². The van der Waals surface area contributed by atoms with E-state index in [1.54, 1.807) is 24.3 Å². The van der Waals surface area contributed by atoms with Gasteiger partial charge in [0.05, 0.1) is 13.0 Å². The van der Waals surface area contributed by atoms with E-state index in [0.29, 0.717) is 31.0 Å². The Morgan fingerprint density at radius 3 is 2.43 bits per heavy atom. The molecule has 5 heteroatoms. The fraction of sp³-hybridized carbons (Fsp3) is 0.188. The lowest BCUT2D eigenvalue weighted by atomic mass is 10.2. The molecule has 0 aliphatic rings. The third kappa shape index (κ3) is 5.47. The molecule has 0 aromatic heterocycles. The van der Waals surface area contributed by atoms with Crippen LogP contribution in [-0.2, 0) is 11.3 Å². The van der Waals surface area contributed by atoms with Crippen molar-refractivity contribution in [1.29, 1.82) is 0 Å². The summed E-state index contributed by atoms with van der Waals surface area (Å²) in [5.41, 5.74) is 7.34. The fourth-order valence-corrected chi connectivity index (χ4v) is 1.98. The molecule has 0 radical (unpaired) electrons. The number of anilines is 1. The van der Waals surface area contributed by atoms with Crippen molar-refractivity contribution in [2.45, 2.75) is 13.0 Å². The van der Waals surface area contributed by atoms with Crippen molar-refractivity contribution >= 4 is 27.5 Å². The van der Waals surface area contributed by atoms with Crippen LogP contribution in [0.3, 0.4) is 0 Å². The van der Waals surface area contributed by atoms with Crippen LogP contribution in [0.2, 0.25) is 0 Å². The largest absolute Gasteiger partial charge is 0.493 e. The number of nitrogen functional groups attached to an aromatic ring is 1. The first-order valence-electron chi connectivity index (χ1n) is 6.63. The molecule has 0 aliphatic heterocycles. The normalized spacial score (nSPS) is 10.1. The van der Waals surface area contributed by atoms with Gasteiger partial charge in [-0.2, -0.15) is 0 Å². The Bertz CT molecular complexity index is 582. The summed E-state index contributed by atoms with van der Waals surface area (Å²) in [7, 11) is 0. The zero-order chi connectivity index (χ0) is 15.1. The van der Waals surface area contributed by atoms with Crippen molar-refractivity contribution in [3.8, 4) is 5.75 Å². The zero-order valence-electron chi connectivity index (χ0n) is 11.5. The number of carbonyl (C=O) groups is 1. The molecule has 3 N–H and O–H groups in total. The van der Waals surface area contributed by atoms with Crippen LogP contribution in [0.25, 0.3) is 0 Å². The van der Waals surface area contributed by atoms with Crippen molar-refractivity contribution in [1.82, 2.24) is 5.32 Å². The molecule has 2 aromatic carbocycles. The summed E-state index contributed by atoms with van der Waals surface area (Å²) in [6.45, 7) is 0.865. The number of hydrogen-bond donors (Lipinski definition) is 2. The van der Waals surface area contributed by atoms with Crippen LogP contribution in [0, 0.1) is 0 Å². The van der Waals surface area contributed by atoms with E-state index in [9.17, 15) is 4.79 Å². The highest BCUT2D eigenvalue weighted by molar-refractivity contribution is 9.10. The average molecular weight is 349 g/mol. The SMILES string of the molecule is Nc1ccc(OCCC(=O)NCc2ccc(Br)cc2)cc1. The molecule has 0 bridgehead atoms. The summed E-state index contributed by atoms with van der Waals surface area (Å²) >= 11 is 3.37. The Labute approximate surface area is 132 Å². The summed E-state index contributed by atoms with van der Waals surface area (Å²) in [6.07, 6.45) is 0.320. The summed E-state index contributed by atoms with van der Waals surface area (Å²) in [5.74, 6) is 0.679. The molecule has 0 atom stereocenters. The maximum atomic E-state index is 11.7. The van der Waals surface area contributed by atoms with Gasteiger partial charge in [-0.25, -0.2) is 0 Å². The Morgan fingerprint density at radius 1 is 1.10 bits per heavy atom. The van der Waals surface area contributed by atoms with E-state index in [1.807, 2.05) is 24.3 Å². The van der Waals surface area contributed by atoms with E-state index in [4.69, 9.17) is 10.5 Å². The molecule has 0 saturated carbocycles. The number of nitrogens with two attached hydrogens (primary N) is 1. The third-order valence-corrected chi connectivity index (χ3v) is 3.41. The van der Waals surface area contributed by atoms with Gasteiger partial charge in [-0.1, -0.05) is 28.1 Å². The Balaban J connectivity index is 1.67. The first-order valence-corrected chi connectivity index (χ1v) is 7.42. The van der Waals surface area contributed by atoms with E-state index in [-0.39, 0.29) is 5.91 Å². The van der Waals surface area contributed by atoms with Gasteiger partial charge >= 0.3 is 0 Å². The zero-order valence-corrected chi connectivity index (χ0v) is 13.1. The van der Waals surface area contributed by atoms with Crippen molar-refractivity contribution in [3.63, 3.8) is 0 Å². The Kier molecular flexibility index (Phi) is 5.63. The lowest BCUT2D eigenvalue weighted by Crippen LogP contribution is -2.24. The summed E-state index contributed by atoms with van der Waals surface area (Å²) < 4.78 is 6.50. The van der Waals surface area contributed by atoms with Gasteiger partial charge < -0.3 is 15.8 Å². The lowest BCUT2D eigenvalue weighted by molar-refractivity contribution is -0.121. The van der Waals surface area contributed by atoms with Crippen LogP contribution < -0.4 is 15.8 Å². The monoisotopic (exact) mass is 348 g/mol. The molecule has 2 aromatic rings. The van der Waals surface area contributed by atoms with Crippen molar-refractivity contribution < 1.29 is 9.53 Å². The number of hydrogen-bond acceptors (Lipinski definition) is 3. The number of nitrogens with one attached hydrogen (secondary N) is 1. The van der Waals surface area contributed by atoms with Gasteiger partial charge in [-0.05, 0) is 42.0 Å². The smallest absolute Gasteiger partial charge is 0.223 e. The first-order chi connectivity index (χ1) is 10.1. The third-order valence-electron chi connectivity index (χ3n) is 2.88. The summed E-state index contributed by atoms with van der Waals surface area (Å²) in [5, 5.41) is 2.86. The van der Waals surface area contributed by atoms with E-state index < -0.39 is 0 Å². The number of rotatable bonds is 6. The van der Waals surface area contributed by atoms with Gasteiger partial charge in [0.25, 0.3) is 0 Å². The minimum absolute atomic E-state index is 0.0339. The second kappa shape index (κ2) is 7.69. The standard InChI is InChI=1S/C16H17BrN2O2/c17-13-3-1-12(2-4-13)11-19-16(20)9-10-21-15-7-5-14(18)6-8-15/h1-8H,9-11,18H2,(H,19,20). The van der Waals surface area contributed by atoms with Crippen molar-refractivity contribution in [2.75, 3.05) is 12.3 Å². The second-order valence-corrected chi connectivity index (χ2v) is 5.49. The maximum Gasteiger partial charge on any atom is 0.223 e. The highest BCUT2D eigenvalue weighted by atomic mass is 79.9. The molecule has 0 saturated heterocycles. The van der Waals surface area contributed by atoms with Crippen LogP contribution in [0.1, 0.15) is 12.0 Å². The van der Waals surface area contributed by atoms with E-state index in [1.165, 1.54) is 0 Å². The number of benzene rings is 2. The van der Waals surface area contributed by atoms with Crippen LogP contribution in [0.5, 0.6) is 5.75 Å². The number of halogens is 1. The minimum atomic E-state index is -0.0339. The molecule has 0 heterocycles. The molecule has 0 aliphatic carbocycles. The molecular formula is C16H17BrN2O2. The maximum absolute atomic E-state index is 11.7. The topological polar surface area (TPSA) is 64.3 Å². The van der Waals surface area contributed by atoms with Gasteiger partial charge in [0.2, 0.25) is 5.91 Å². The highest BCUT2D eigenvalue weighted by Crippen LogP contribution is 2.13. The van der Waals surface area contributed by atoms with Gasteiger partial charge in [0, 0.05) is 16.7 Å². The molecule has 0 fully saturated rings. The highest BCUT2D eigenvalue weighted by Gasteiger charge is 2.02.